The summed E-state index contributed by atoms with van der Waals surface area (Å²) in [6.45, 7) is 3.28. The second kappa shape index (κ2) is 9.05. The van der Waals surface area contributed by atoms with E-state index >= 15 is 0 Å². The fraction of sp³-hybridized carbons (Fsp3) is 0.545. The Bertz CT molecular complexity index is 787. The van der Waals surface area contributed by atoms with Crippen LogP contribution in [0, 0.1) is 5.92 Å². The highest BCUT2D eigenvalue weighted by molar-refractivity contribution is 7.13. The normalized spacial score (nSPS) is 22.5. The Morgan fingerprint density at radius 2 is 2.04 bits per heavy atom. The first-order chi connectivity index (χ1) is 13.7. The van der Waals surface area contributed by atoms with Crippen LogP contribution in [0.4, 0.5) is 0 Å². The van der Waals surface area contributed by atoms with Gasteiger partial charge in [0.05, 0.1) is 19.2 Å². The molecule has 0 spiro atoms. The van der Waals surface area contributed by atoms with Gasteiger partial charge in [0.2, 0.25) is 5.91 Å². The molecule has 2 aliphatic heterocycles. The minimum Gasteiger partial charge on any atom is -0.497 e. The summed E-state index contributed by atoms with van der Waals surface area (Å²) >= 11 is 1.58. The zero-order chi connectivity index (χ0) is 19.3. The number of methoxy groups -OCH3 is 1. The molecule has 2 atom stereocenters. The fourth-order valence-corrected chi connectivity index (χ4v) is 5.37. The van der Waals surface area contributed by atoms with Gasteiger partial charge in [-0.05, 0) is 69.0 Å². The summed E-state index contributed by atoms with van der Waals surface area (Å²) in [4.78, 5) is 19.8. The van der Waals surface area contributed by atoms with E-state index in [0.717, 1.165) is 28.6 Å². The lowest BCUT2D eigenvalue weighted by Crippen LogP contribution is -2.51. The maximum absolute atomic E-state index is 12.5. The summed E-state index contributed by atoms with van der Waals surface area (Å²) in [7, 11) is 1.66. The highest BCUT2D eigenvalue weighted by Gasteiger charge is 2.32. The second-order valence-electron chi connectivity index (χ2n) is 7.85. The van der Waals surface area contributed by atoms with E-state index in [1.807, 2.05) is 29.6 Å². The molecular weight excluding hydrogens is 370 g/mol. The first-order valence-electron chi connectivity index (χ1n) is 10.3. The minimum absolute atomic E-state index is 0.0829. The van der Waals surface area contributed by atoms with Crippen LogP contribution >= 0.6 is 11.3 Å². The maximum Gasteiger partial charge on any atom is 0.226 e. The van der Waals surface area contributed by atoms with E-state index in [-0.39, 0.29) is 5.91 Å². The van der Waals surface area contributed by atoms with Gasteiger partial charge in [-0.3, -0.25) is 4.79 Å². The number of carbonyl (C=O) groups is 1. The van der Waals surface area contributed by atoms with Gasteiger partial charge in [-0.25, -0.2) is 4.98 Å². The monoisotopic (exact) mass is 399 g/mol. The van der Waals surface area contributed by atoms with Crippen LogP contribution in [-0.2, 0) is 11.2 Å². The molecule has 6 heteroatoms. The predicted octanol–water partition coefficient (Wildman–Crippen LogP) is 3.74. The standard InChI is InChI=1S/C22H29N3O2S/c1-27-19-9-7-16(8-10-19)22-24-18(15-28-22)13-21(26)23-14-17-5-4-12-25-11-3-2-6-20(17)25/h7-10,15,17,20H,2-6,11-14H2,1H3,(H,23,26)/t17-,20-/m0/s1. The molecule has 28 heavy (non-hydrogen) atoms. The minimum atomic E-state index is 0.0829. The van der Waals surface area contributed by atoms with Gasteiger partial charge in [0.15, 0.2) is 0 Å². The van der Waals surface area contributed by atoms with Gasteiger partial charge >= 0.3 is 0 Å². The van der Waals surface area contributed by atoms with Crippen molar-refractivity contribution in [3.63, 3.8) is 0 Å². The highest BCUT2D eigenvalue weighted by Crippen LogP contribution is 2.30. The van der Waals surface area contributed by atoms with E-state index in [2.05, 4.69) is 15.2 Å². The number of hydrogen-bond acceptors (Lipinski definition) is 5. The SMILES string of the molecule is COc1ccc(-c2nc(CC(=O)NC[C@@H]3CCCN4CCCC[C@@H]34)cs2)cc1. The summed E-state index contributed by atoms with van der Waals surface area (Å²) in [6, 6.07) is 8.54. The molecule has 5 nitrogen and oxygen atoms in total. The number of ether oxygens (including phenoxy) is 1. The Hall–Kier alpha value is -1.92. The smallest absolute Gasteiger partial charge is 0.226 e. The molecule has 0 saturated carbocycles. The highest BCUT2D eigenvalue weighted by atomic mass is 32.1. The molecule has 2 saturated heterocycles. The van der Waals surface area contributed by atoms with E-state index in [1.165, 1.54) is 45.2 Å². The van der Waals surface area contributed by atoms with Crippen molar-refractivity contribution in [1.29, 1.82) is 0 Å². The number of thiazole rings is 1. The number of aromatic nitrogens is 1. The third kappa shape index (κ3) is 4.55. The van der Waals surface area contributed by atoms with E-state index < -0.39 is 0 Å². The van der Waals surface area contributed by atoms with Crippen LogP contribution in [0.3, 0.4) is 0 Å². The van der Waals surface area contributed by atoms with Crippen molar-refractivity contribution in [3.8, 4) is 16.3 Å². The van der Waals surface area contributed by atoms with Gasteiger partial charge < -0.3 is 15.0 Å². The number of rotatable bonds is 6. The summed E-state index contributed by atoms with van der Waals surface area (Å²) in [6.07, 6.45) is 6.80. The van der Waals surface area contributed by atoms with Crippen molar-refractivity contribution in [2.75, 3.05) is 26.7 Å². The number of carbonyl (C=O) groups excluding carboxylic acids is 1. The first-order valence-corrected chi connectivity index (χ1v) is 11.2. The largest absolute Gasteiger partial charge is 0.497 e. The Labute approximate surface area is 171 Å². The van der Waals surface area contributed by atoms with Crippen LogP contribution in [0.2, 0.25) is 0 Å². The third-order valence-electron chi connectivity index (χ3n) is 6.02. The first kappa shape index (κ1) is 19.4. The summed E-state index contributed by atoms with van der Waals surface area (Å²) in [5.41, 5.74) is 1.90. The molecule has 150 valence electrons. The number of piperidine rings is 2. The molecule has 2 aliphatic rings. The number of nitrogens with one attached hydrogen (secondary N) is 1. The van der Waals surface area contributed by atoms with Gasteiger partial charge in [-0.2, -0.15) is 0 Å². The number of benzene rings is 1. The zero-order valence-corrected chi connectivity index (χ0v) is 17.3. The van der Waals surface area contributed by atoms with Crippen molar-refractivity contribution >= 4 is 17.2 Å². The Morgan fingerprint density at radius 1 is 1.21 bits per heavy atom. The Morgan fingerprint density at radius 3 is 2.86 bits per heavy atom. The molecule has 4 rings (SSSR count). The average molecular weight is 400 g/mol. The van der Waals surface area contributed by atoms with Gasteiger partial charge in [0, 0.05) is 23.5 Å². The van der Waals surface area contributed by atoms with E-state index in [9.17, 15) is 4.79 Å². The van der Waals surface area contributed by atoms with E-state index in [0.29, 0.717) is 18.4 Å². The topological polar surface area (TPSA) is 54.5 Å². The van der Waals surface area contributed by atoms with Crippen molar-refractivity contribution in [2.45, 2.75) is 44.6 Å². The zero-order valence-electron chi connectivity index (χ0n) is 16.5. The van der Waals surface area contributed by atoms with Crippen LogP contribution in [0.5, 0.6) is 5.75 Å². The molecule has 2 aromatic rings. The van der Waals surface area contributed by atoms with E-state index in [4.69, 9.17) is 4.74 Å². The molecule has 1 N–H and O–H groups in total. The lowest BCUT2D eigenvalue weighted by atomic mass is 9.83. The fourth-order valence-electron chi connectivity index (χ4n) is 4.54. The summed E-state index contributed by atoms with van der Waals surface area (Å²) in [5.74, 6) is 1.52. The molecule has 1 aromatic carbocycles. The van der Waals surface area contributed by atoms with E-state index in [1.54, 1.807) is 18.4 Å². The molecule has 3 heterocycles. The number of fused-ring (bicyclic) bond motifs is 1. The quantitative estimate of drug-likeness (QED) is 0.804. The van der Waals surface area contributed by atoms with Crippen LogP contribution in [0.1, 0.15) is 37.8 Å². The molecule has 0 bridgehead atoms. The van der Waals surface area contributed by atoms with Crippen LogP contribution in [0.15, 0.2) is 29.6 Å². The van der Waals surface area contributed by atoms with Gasteiger partial charge in [0.25, 0.3) is 0 Å². The summed E-state index contributed by atoms with van der Waals surface area (Å²) < 4.78 is 5.20. The third-order valence-corrected chi connectivity index (χ3v) is 6.96. The van der Waals surface area contributed by atoms with Gasteiger partial charge in [-0.1, -0.05) is 6.42 Å². The predicted molar refractivity (Wildman–Crippen MR) is 113 cm³/mol. The number of amides is 1. The number of nitrogens with zero attached hydrogens (tertiary/aromatic N) is 2. The Balaban J connectivity index is 1.29. The molecule has 0 radical (unpaired) electrons. The van der Waals surface area contributed by atoms with Crippen molar-refractivity contribution in [2.24, 2.45) is 5.92 Å². The Kier molecular flexibility index (Phi) is 6.27. The lowest BCUT2D eigenvalue weighted by Gasteiger charge is -2.44. The second-order valence-corrected chi connectivity index (χ2v) is 8.71. The van der Waals surface area contributed by atoms with Crippen LogP contribution in [0.25, 0.3) is 10.6 Å². The average Bonchev–Trinajstić information content (AvgIpc) is 3.20. The van der Waals surface area contributed by atoms with Crippen molar-refractivity contribution < 1.29 is 9.53 Å². The van der Waals surface area contributed by atoms with Crippen molar-refractivity contribution in [1.82, 2.24) is 15.2 Å². The molecular formula is C22H29N3O2S. The maximum atomic E-state index is 12.5. The summed E-state index contributed by atoms with van der Waals surface area (Å²) in [5, 5.41) is 6.11. The van der Waals surface area contributed by atoms with Crippen LogP contribution < -0.4 is 10.1 Å². The van der Waals surface area contributed by atoms with Gasteiger partial charge in [0.1, 0.15) is 10.8 Å². The molecule has 0 aliphatic carbocycles. The molecule has 0 unspecified atom stereocenters. The van der Waals surface area contributed by atoms with Gasteiger partial charge in [-0.15, -0.1) is 11.3 Å². The van der Waals surface area contributed by atoms with Crippen molar-refractivity contribution in [3.05, 3.63) is 35.3 Å². The lowest BCUT2D eigenvalue weighted by molar-refractivity contribution is -0.120. The molecule has 1 amide bonds. The molecule has 2 fully saturated rings. The number of hydrogen-bond donors (Lipinski definition) is 1. The van der Waals surface area contributed by atoms with Crippen LogP contribution in [-0.4, -0.2) is 48.6 Å². The molecule has 1 aromatic heterocycles.